The summed E-state index contributed by atoms with van der Waals surface area (Å²) in [6, 6.07) is 13.8. The SMILES string of the molecule is COc1ccc(CCOC(=O)c2ccc(CNC(N)=O)cc2)cc1. The van der Waals surface area contributed by atoms with Crippen LogP contribution in [0.3, 0.4) is 0 Å². The number of hydrogen-bond acceptors (Lipinski definition) is 4. The Morgan fingerprint density at radius 1 is 1.00 bits per heavy atom. The summed E-state index contributed by atoms with van der Waals surface area (Å²) in [5.41, 5.74) is 7.39. The molecule has 2 amide bonds. The van der Waals surface area contributed by atoms with Crippen molar-refractivity contribution < 1.29 is 19.1 Å². The van der Waals surface area contributed by atoms with Gasteiger partial charge in [0.15, 0.2) is 0 Å². The highest BCUT2D eigenvalue weighted by atomic mass is 16.5. The molecule has 0 fully saturated rings. The van der Waals surface area contributed by atoms with Crippen LogP contribution in [-0.2, 0) is 17.7 Å². The number of rotatable bonds is 7. The molecular weight excluding hydrogens is 308 g/mol. The molecule has 0 aliphatic rings. The molecule has 0 saturated heterocycles. The standard InChI is InChI=1S/C18H20N2O4/c1-23-16-8-4-13(5-9-16)10-11-24-17(21)15-6-2-14(3-7-15)12-20-18(19)22/h2-9H,10-12H2,1H3,(H3,19,20,22). The third kappa shape index (κ3) is 5.31. The highest BCUT2D eigenvalue weighted by Gasteiger charge is 2.07. The first kappa shape index (κ1) is 17.3. The third-order valence-electron chi connectivity index (χ3n) is 3.44. The molecule has 0 aliphatic carbocycles. The first-order chi connectivity index (χ1) is 11.6. The summed E-state index contributed by atoms with van der Waals surface area (Å²) in [7, 11) is 1.62. The number of methoxy groups -OCH3 is 1. The van der Waals surface area contributed by atoms with Crippen molar-refractivity contribution in [2.45, 2.75) is 13.0 Å². The fourth-order valence-corrected chi connectivity index (χ4v) is 2.08. The first-order valence-corrected chi connectivity index (χ1v) is 7.51. The van der Waals surface area contributed by atoms with Crippen LogP contribution in [0.5, 0.6) is 5.75 Å². The lowest BCUT2D eigenvalue weighted by Crippen LogP contribution is -2.28. The number of primary amides is 1. The van der Waals surface area contributed by atoms with Crippen LogP contribution in [0.1, 0.15) is 21.5 Å². The van der Waals surface area contributed by atoms with Crippen molar-refractivity contribution in [3.8, 4) is 5.75 Å². The Hall–Kier alpha value is -3.02. The Kier molecular flexibility index (Phi) is 6.19. The highest BCUT2D eigenvalue weighted by Crippen LogP contribution is 2.12. The molecule has 126 valence electrons. The van der Waals surface area contributed by atoms with Crippen LogP contribution in [0.15, 0.2) is 48.5 Å². The second-order valence-electron chi connectivity index (χ2n) is 5.15. The van der Waals surface area contributed by atoms with Crippen molar-refractivity contribution in [1.29, 1.82) is 0 Å². The van der Waals surface area contributed by atoms with Crippen molar-refractivity contribution in [3.05, 3.63) is 65.2 Å². The average Bonchev–Trinajstić information content (AvgIpc) is 2.61. The minimum absolute atomic E-state index is 0.302. The molecule has 0 aliphatic heterocycles. The maximum Gasteiger partial charge on any atom is 0.338 e. The molecule has 2 aromatic carbocycles. The molecule has 0 bridgehead atoms. The molecule has 24 heavy (non-hydrogen) atoms. The molecule has 3 N–H and O–H groups in total. The van der Waals surface area contributed by atoms with Crippen LogP contribution >= 0.6 is 0 Å². The van der Waals surface area contributed by atoms with Crippen LogP contribution in [0, 0.1) is 0 Å². The third-order valence-corrected chi connectivity index (χ3v) is 3.44. The summed E-state index contributed by atoms with van der Waals surface area (Å²) in [5.74, 6) is 0.416. The van der Waals surface area contributed by atoms with Crippen LogP contribution in [0.2, 0.25) is 0 Å². The summed E-state index contributed by atoms with van der Waals surface area (Å²) < 4.78 is 10.4. The van der Waals surface area contributed by atoms with Crippen molar-refractivity contribution in [3.63, 3.8) is 0 Å². The van der Waals surface area contributed by atoms with E-state index in [0.29, 0.717) is 25.1 Å². The van der Waals surface area contributed by atoms with E-state index >= 15 is 0 Å². The molecule has 2 rings (SSSR count). The van der Waals surface area contributed by atoms with E-state index in [1.165, 1.54) is 0 Å². The van der Waals surface area contributed by atoms with Gasteiger partial charge in [-0.05, 0) is 35.4 Å². The van der Waals surface area contributed by atoms with Gasteiger partial charge in [-0.1, -0.05) is 24.3 Å². The summed E-state index contributed by atoms with van der Waals surface area (Å²) in [4.78, 5) is 22.6. The van der Waals surface area contributed by atoms with Gasteiger partial charge in [0.2, 0.25) is 0 Å². The Morgan fingerprint density at radius 3 is 2.21 bits per heavy atom. The van der Waals surface area contributed by atoms with Gasteiger partial charge < -0.3 is 20.5 Å². The monoisotopic (exact) mass is 328 g/mol. The zero-order valence-electron chi connectivity index (χ0n) is 13.5. The number of ether oxygens (including phenoxy) is 2. The van der Waals surface area contributed by atoms with Crippen LogP contribution in [0.25, 0.3) is 0 Å². The quantitative estimate of drug-likeness (QED) is 0.763. The van der Waals surface area contributed by atoms with Gasteiger partial charge in [-0.25, -0.2) is 9.59 Å². The van der Waals surface area contributed by atoms with Gasteiger partial charge >= 0.3 is 12.0 Å². The number of carbonyl (C=O) groups excluding carboxylic acids is 2. The summed E-state index contributed by atoms with van der Waals surface area (Å²) >= 11 is 0. The second kappa shape index (κ2) is 8.57. The molecule has 0 aromatic heterocycles. The number of nitrogens with two attached hydrogens (primary N) is 1. The second-order valence-corrected chi connectivity index (χ2v) is 5.15. The summed E-state index contributed by atoms with van der Waals surface area (Å²) in [6.45, 7) is 0.623. The van der Waals surface area contributed by atoms with Crippen molar-refractivity contribution >= 4 is 12.0 Å². The fourth-order valence-electron chi connectivity index (χ4n) is 2.08. The first-order valence-electron chi connectivity index (χ1n) is 7.51. The molecular formula is C18H20N2O4. The predicted octanol–water partition coefficient (Wildman–Crippen LogP) is 2.26. The predicted molar refractivity (Wildman–Crippen MR) is 89.8 cm³/mol. The van der Waals surface area contributed by atoms with Gasteiger partial charge in [0.05, 0.1) is 19.3 Å². The molecule has 0 unspecified atom stereocenters. The number of nitrogens with one attached hydrogen (secondary N) is 1. The lowest BCUT2D eigenvalue weighted by Gasteiger charge is -2.07. The van der Waals surface area contributed by atoms with Crippen LogP contribution < -0.4 is 15.8 Å². The van der Waals surface area contributed by atoms with Crippen molar-refractivity contribution in [2.75, 3.05) is 13.7 Å². The van der Waals surface area contributed by atoms with E-state index in [1.807, 2.05) is 24.3 Å². The van der Waals surface area contributed by atoms with E-state index in [0.717, 1.165) is 16.9 Å². The maximum atomic E-state index is 12.0. The number of esters is 1. The van der Waals surface area contributed by atoms with E-state index in [1.54, 1.807) is 31.4 Å². The van der Waals surface area contributed by atoms with Crippen LogP contribution in [0.4, 0.5) is 4.79 Å². The van der Waals surface area contributed by atoms with Crippen molar-refractivity contribution in [2.24, 2.45) is 5.73 Å². The van der Waals surface area contributed by atoms with E-state index in [-0.39, 0.29) is 5.97 Å². The van der Waals surface area contributed by atoms with E-state index in [9.17, 15) is 9.59 Å². The topological polar surface area (TPSA) is 90.7 Å². The minimum atomic E-state index is -0.586. The molecule has 0 radical (unpaired) electrons. The number of hydrogen-bond donors (Lipinski definition) is 2. The van der Waals surface area contributed by atoms with E-state index < -0.39 is 6.03 Å². The lowest BCUT2D eigenvalue weighted by molar-refractivity contribution is 0.0509. The van der Waals surface area contributed by atoms with Gasteiger partial charge in [0.25, 0.3) is 0 Å². The number of carbonyl (C=O) groups is 2. The fraction of sp³-hybridized carbons (Fsp3) is 0.222. The Morgan fingerprint density at radius 2 is 1.62 bits per heavy atom. The smallest absolute Gasteiger partial charge is 0.338 e. The molecule has 0 heterocycles. The Balaban J connectivity index is 1.80. The lowest BCUT2D eigenvalue weighted by atomic mass is 10.1. The molecule has 6 heteroatoms. The molecule has 0 atom stereocenters. The molecule has 0 spiro atoms. The van der Waals surface area contributed by atoms with E-state index in [4.69, 9.17) is 15.2 Å². The number of benzene rings is 2. The van der Waals surface area contributed by atoms with E-state index in [2.05, 4.69) is 5.32 Å². The maximum absolute atomic E-state index is 12.0. The van der Waals surface area contributed by atoms with Crippen molar-refractivity contribution in [1.82, 2.24) is 5.32 Å². The normalized spacial score (nSPS) is 10.0. The molecule has 0 saturated carbocycles. The number of amides is 2. The van der Waals surface area contributed by atoms with Gasteiger partial charge in [-0.2, -0.15) is 0 Å². The van der Waals surface area contributed by atoms with Gasteiger partial charge in [0, 0.05) is 13.0 Å². The van der Waals surface area contributed by atoms with Crippen LogP contribution in [-0.4, -0.2) is 25.7 Å². The van der Waals surface area contributed by atoms with Gasteiger partial charge in [-0.3, -0.25) is 0 Å². The molecule has 6 nitrogen and oxygen atoms in total. The summed E-state index contributed by atoms with van der Waals surface area (Å²) in [5, 5.41) is 2.48. The zero-order chi connectivity index (χ0) is 17.4. The Bertz CT molecular complexity index is 681. The van der Waals surface area contributed by atoms with Gasteiger partial charge in [0.1, 0.15) is 5.75 Å². The largest absolute Gasteiger partial charge is 0.497 e. The minimum Gasteiger partial charge on any atom is -0.497 e. The summed E-state index contributed by atoms with van der Waals surface area (Å²) in [6.07, 6.45) is 0.635. The average molecular weight is 328 g/mol. The molecule has 2 aromatic rings. The van der Waals surface area contributed by atoms with Gasteiger partial charge in [-0.15, -0.1) is 0 Å². The highest BCUT2D eigenvalue weighted by molar-refractivity contribution is 5.89. The number of urea groups is 1. The zero-order valence-corrected chi connectivity index (χ0v) is 13.5. The Labute approximate surface area is 140 Å².